The van der Waals surface area contributed by atoms with Gasteiger partial charge >= 0.3 is 0 Å². The van der Waals surface area contributed by atoms with Gasteiger partial charge in [-0.25, -0.2) is 0 Å². The lowest BCUT2D eigenvalue weighted by Crippen LogP contribution is -2.38. The minimum atomic E-state index is 0.291. The molecule has 0 N–H and O–H groups in total. The number of rotatable bonds is 9. The summed E-state index contributed by atoms with van der Waals surface area (Å²) in [5, 5.41) is 0. The van der Waals surface area contributed by atoms with Crippen molar-refractivity contribution in [2.75, 3.05) is 9.80 Å². The molecule has 2 heteroatoms. The number of hydrogen-bond acceptors (Lipinski definition) is 2. The molecule has 0 aromatic heterocycles. The fourth-order valence-corrected chi connectivity index (χ4v) is 8.90. The number of hydrogen-bond donors (Lipinski definition) is 0. The van der Waals surface area contributed by atoms with E-state index in [1.54, 1.807) is 0 Å². The minimum absolute atomic E-state index is 0.291. The van der Waals surface area contributed by atoms with Gasteiger partial charge in [0, 0.05) is 34.1 Å². The number of anilines is 6. The first-order valence-electron chi connectivity index (χ1n) is 18.3. The predicted molar refractivity (Wildman–Crippen MR) is 208 cm³/mol. The van der Waals surface area contributed by atoms with Crippen LogP contribution in [0.1, 0.15) is 57.4 Å². The molecule has 2 aliphatic carbocycles. The largest absolute Gasteiger partial charge is 0.311 e. The van der Waals surface area contributed by atoms with Crippen molar-refractivity contribution in [3.63, 3.8) is 0 Å². The smallest absolute Gasteiger partial charge is 0.0464 e. The zero-order valence-corrected chi connectivity index (χ0v) is 28.6. The molecule has 244 valence electrons. The molecule has 6 aromatic carbocycles. The standard InChI is InChI=1S/C47H46N2/c1-2-47(34-36-14-12-15-37(32-36)35-47)40-16-13-23-46(33-40)49(43-21-10-5-11-22-43)45-30-26-39(27-31-45)38-24-28-44(29-25-38)48(41-17-6-3-7-18-41)42-19-8-4-9-20-42/h3-11,13,16-31,33,36-37H,2,12,14-15,32,34-35H2,1H3. The van der Waals surface area contributed by atoms with Gasteiger partial charge in [0.2, 0.25) is 0 Å². The summed E-state index contributed by atoms with van der Waals surface area (Å²) < 4.78 is 0. The Labute approximate surface area is 292 Å². The first-order valence-corrected chi connectivity index (χ1v) is 18.3. The first kappa shape index (κ1) is 31.2. The second kappa shape index (κ2) is 13.8. The van der Waals surface area contributed by atoms with Crippen LogP contribution in [0.2, 0.25) is 0 Å². The van der Waals surface area contributed by atoms with Crippen LogP contribution in [0.3, 0.4) is 0 Å². The summed E-state index contributed by atoms with van der Waals surface area (Å²) >= 11 is 0. The number of fused-ring (bicyclic) bond motifs is 2. The average molecular weight is 639 g/mol. The van der Waals surface area contributed by atoms with Crippen LogP contribution in [0, 0.1) is 11.8 Å². The van der Waals surface area contributed by atoms with Gasteiger partial charge in [0.25, 0.3) is 0 Å². The van der Waals surface area contributed by atoms with E-state index in [4.69, 9.17) is 0 Å². The molecule has 2 bridgehead atoms. The summed E-state index contributed by atoms with van der Waals surface area (Å²) in [6.07, 6.45) is 9.62. The third-order valence-corrected chi connectivity index (χ3v) is 11.3. The Balaban J connectivity index is 1.10. The van der Waals surface area contributed by atoms with E-state index >= 15 is 0 Å². The van der Waals surface area contributed by atoms with Crippen molar-refractivity contribution in [1.82, 2.24) is 0 Å². The van der Waals surface area contributed by atoms with Gasteiger partial charge in [0.15, 0.2) is 0 Å². The maximum atomic E-state index is 2.51. The Kier molecular flexibility index (Phi) is 8.79. The molecule has 2 nitrogen and oxygen atoms in total. The lowest BCUT2D eigenvalue weighted by molar-refractivity contribution is 0.106. The second-order valence-corrected chi connectivity index (χ2v) is 14.3. The summed E-state index contributed by atoms with van der Waals surface area (Å²) in [7, 11) is 0. The van der Waals surface area contributed by atoms with Crippen molar-refractivity contribution in [1.29, 1.82) is 0 Å². The monoisotopic (exact) mass is 638 g/mol. The molecule has 6 aromatic rings. The molecule has 0 aliphatic heterocycles. The SMILES string of the molecule is CCC1(c2cccc(N(c3ccccc3)c3ccc(-c4ccc(N(c5ccccc5)c5ccccc5)cc4)cc3)c2)CC2CCCC(C2)C1. The molecule has 0 spiro atoms. The van der Waals surface area contributed by atoms with Gasteiger partial charge in [-0.05, 0) is 132 Å². The van der Waals surface area contributed by atoms with Gasteiger partial charge in [-0.15, -0.1) is 0 Å². The Bertz CT molecular complexity index is 1900. The molecule has 8 rings (SSSR count). The normalized spacial score (nSPS) is 20.0. The molecule has 0 saturated heterocycles. The number of para-hydroxylation sites is 3. The van der Waals surface area contributed by atoms with E-state index in [0.717, 1.165) is 28.9 Å². The Morgan fingerprint density at radius 3 is 1.33 bits per heavy atom. The Hall–Kier alpha value is -5.08. The van der Waals surface area contributed by atoms with Gasteiger partial charge in [-0.1, -0.05) is 117 Å². The van der Waals surface area contributed by atoms with Crippen LogP contribution in [-0.2, 0) is 5.41 Å². The highest BCUT2D eigenvalue weighted by Gasteiger charge is 2.42. The highest BCUT2D eigenvalue weighted by molar-refractivity contribution is 5.80. The van der Waals surface area contributed by atoms with Crippen LogP contribution < -0.4 is 9.80 Å². The summed E-state index contributed by atoms with van der Waals surface area (Å²) in [5.74, 6) is 1.78. The van der Waals surface area contributed by atoms with E-state index < -0.39 is 0 Å². The Morgan fingerprint density at radius 1 is 0.469 bits per heavy atom. The molecule has 0 heterocycles. The molecule has 2 atom stereocenters. The van der Waals surface area contributed by atoms with E-state index in [1.807, 2.05) is 0 Å². The zero-order valence-electron chi connectivity index (χ0n) is 28.6. The summed E-state index contributed by atoms with van der Waals surface area (Å²) in [5.41, 5.74) is 11.3. The maximum Gasteiger partial charge on any atom is 0.0464 e. The van der Waals surface area contributed by atoms with Gasteiger partial charge in [0.1, 0.15) is 0 Å². The highest BCUT2D eigenvalue weighted by Crippen LogP contribution is 2.52. The van der Waals surface area contributed by atoms with E-state index in [0.29, 0.717) is 5.41 Å². The van der Waals surface area contributed by atoms with E-state index in [-0.39, 0.29) is 0 Å². The van der Waals surface area contributed by atoms with Crippen LogP contribution in [0.5, 0.6) is 0 Å². The molecule has 2 unspecified atom stereocenters. The lowest BCUT2D eigenvalue weighted by Gasteiger charge is -2.47. The lowest BCUT2D eigenvalue weighted by atomic mass is 9.57. The fraction of sp³-hybridized carbons (Fsp3) is 0.234. The van der Waals surface area contributed by atoms with Gasteiger partial charge in [-0.2, -0.15) is 0 Å². The second-order valence-electron chi connectivity index (χ2n) is 14.3. The average Bonchev–Trinajstić information content (AvgIpc) is 3.17. The van der Waals surface area contributed by atoms with E-state index in [9.17, 15) is 0 Å². The first-order chi connectivity index (χ1) is 24.2. The third-order valence-electron chi connectivity index (χ3n) is 11.3. The minimum Gasteiger partial charge on any atom is -0.311 e. The van der Waals surface area contributed by atoms with Gasteiger partial charge < -0.3 is 9.80 Å². The molecule has 2 saturated carbocycles. The van der Waals surface area contributed by atoms with E-state index in [2.05, 4.69) is 181 Å². The zero-order chi connectivity index (χ0) is 33.0. The molecular formula is C47H46N2. The van der Waals surface area contributed by atoms with Crippen molar-refractivity contribution in [3.8, 4) is 11.1 Å². The fourth-order valence-electron chi connectivity index (χ4n) is 8.90. The summed E-state index contributed by atoms with van der Waals surface area (Å²) in [6.45, 7) is 2.43. The van der Waals surface area contributed by atoms with Crippen LogP contribution in [0.4, 0.5) is 34.1 Å². The van der Waals surface area contributed by atoms with Gasteiger partial charge in [-0.3, -0.25) is 0 Å². The Morgan fingerprint density at radius 2 is 0.878 bits per heavy atom. The maximum absolute atomic E-state index is 2.51. The van der Waals surface area contributed by atoms with Crippen molar-refractivity contribution < 1.29 is 0 Å². The van der Waals surface area contributed by atoms with Crippen LogP contribution in [0.25, 0.3) is 11.1 Å². The molecule has 0 amide bonds. The highest BCUT2D eigenvalue weighted by atomic mass is 15.1. The van der Waals surface area contributed by atoms with Crippen LogP contribution in [0.15, 0.2) is 164 Å². The summed E-state index contributed by atoms with van der Waals surface area (Å²) in [4.78, 5) is 4.74. The topological polar surface area (TPSA) is 6.48 Å². The van der Waals surface area contributed by atoms with Crippen LogP contribution >= 0.6 is 0 Å². The third kappa shape index (κ3) is 6.41. The van der Waals surface area contributed by atoms with Crippen molar-refractivity contribution >= 4 is 34.1 Å². The van der Waals surface area contributed by atoms with Crippen molar-refractivity contribution in [3.05, 3.63) is 169 Å². The number of benzene rings is 6. The summed E-state index contributed by atoms with van der Waals surface area (Å²) in [6, 6.07) is 59.6. The van der Waals surface area contributed by atoms with Gasteiger partial charge in [0.05, 0.1) is 0 Å². The quantitative estimate of drug-likeness (QED) is 0.155. The number of nitrogens with zero attached hydrogens (tertiary/aromatic N) is 2. The van der Waals surface area contributed by atoms with E-state index in [1.165, 1.54) is 78.7 Å². The molecule has 0 radical (unpaired) electrons. The predicted octanol–water partition coefficient (Wildman–Crippen LogP) is 13.5. The van der Waals surface area contributed by atoms with Crippen molar-refractivity contribution in [2.24, 2.45) is 11.8 Å². The molecular weight excluding hydrogens is 593 g/mol. The van der Waals surface area contributed by atoms with Crippen LogP contribution in [-0.4, -0.2) is 0 Å². The molecule has 49 heavy (non-hydrogen) atoms. The molecule has 2 aliphatic rings. The molecule has 2 fully saturated rings. The van der Waals surface area contributed by atoms with Crippen molar-refractivity contribution in [2.45, 2.75) is 57.3 Å².